The van der Waals surface area contributed by atoms with Crippen molar-refractivity contribution in [1.82, 2.24) is 9.80 Å². The van der Waals surface area contributed by atoms with Crippen molar-refractivity contribution in [1.29, 1.82) is 0 Å². The lowest BCUT2D eigenvalue weighted by Gasteiger charge is -2.22. The van der Waals surface area contributed by atoms with Crippen LogP contribution in [0.5, 0.6) is 0 Å². The van der Waals surface area contributed by atoms with Crippen LogP contribution in [0.2, 0.25) is 0 Å². The highest BCUT2D eigenvalue weighted by Crippen LogP contribution is 2.14. The Morgan fingerprint density at radius 2 is 1.58 bits per heavy atom. The molecule has 0 aliphatic rings. The summed E-state index contributed by atoms with van der Waals surface area (Å²) >= 11 is 0. The molecule has 1 rings (SSSR count). The molecule has 0 radical (unpaired) electrons. The van der Waals surface area contributed by atoms with Gasteiger partial charge in [0.05, 0.1) is 6.54 Å². The van der Waals surface area contributed by atoms with E-state index in [2.05, 4.69) is 34.2 Å². The number of hydrogen-bond acceptors (Lipinski definition) is 2. The highest BCUT2D eigenvalue weighted by atomic mass is 127. The molecule has 0 unspecified atom stereocenters. The highest BCUT2D eigenvalue weighted by molar-refractivity contribution is 14.0. The van der Waals surface area contributed by atoms with Gasteiger partial charge in [0.25, 0.3) is 0 Å². The number of aliphatic imine (C=N–C) groups is 1. The lowest BCUT2D eigenvalue weighted by atomic mass is 10.2. The molecule has 0 amide bonds. The van der Waals surface area contributed by atoms with Crippen molar-refractivity contribution < 1.29 is 0 Å². The van der Waals surface area contributed by atoms with Crippen LogP contribution in [0.4, 0.5) is 5.69 Å². The van der Waals surface area contributed by atoms with E-state index in [-0.39, 0.29) is 24.0 Å². The van der Waals surface area contributed by atoms with Crippen LogP contribution in [0.15, 0.2) is 29.3 Å². The summed E-state index contributed by atoms with van der Waals surface area (Å²) in [4.78, 5) is 10.8. The second-order valence-electron chi connectivity index (χ2n) is 4.97. The molecule has 19 heavy (non-hydrogen) atoms. The van der Waals surface area contributed by atoms with E-state index in [0.29, 0.717) is 6.54 Å². The van der Waals surface area contributed by atoms with Crippen molar-refractivity contribution >= 4 is 35.6 Å². The Morgan fingerprint density at radius 1 is 1.00 bits per heavy atom. The van der Waals surface area contributed by atoms with Crippen LogP contribution in [0.25, 0.3) is 0 Å². The van der Waals surface area contributed by atoms with Crippen molar-refractivity contribution in [2.24, 2.45) is 4.99 Å². The van der Waals surface area contributed by atoms with Gasteiger partial charge >= 0.3 is 0 Å². The van der Waals surface area contributed by atoms with Crippen molar-refractivity contribution in [2.45, 2.75) is 6.54 Å². The second-order valence-corrected chi connectivity index (χ2v) is 4.97. The Morgan fingerprint density at radius 3 is 2.05 bits per heavy atom. The van der Waals surface area contributed by atoms with E-state index in [1.165, 1.54) is 11.3 Å². The largest absolute Gasteiger partial charge is 0.378 e. The summed E-state index contributed by atoms with van der Waals surface area (Å²) < 4.78 is 0. The lowest BCUT2D eigenvalue weighted by Crippen LogP contribution is -2.35. The van der Waals surface area contributed by atoms with E-state index < -0.39 is 0 Å². The normalized spacial score (nSPS) is 9.37. The van der Waals surface area contributed by atoms with Crippen LogP contribution in [0.1, 0.15) is 5.56 Å². The molecule has 0 N–H and O–H groups in total. The van der Waals surface area contributed by atoms with Gasteiger partial charge in [0.1, 0.15) is 0 Å². The average molecular weight is 376 g/mol. The summed E-state index contributed by atoms with van der Waals surface area (Å²) in [6.07, 6.45) is 0. The molecule has 5 heteroatoms. The third-order valence-corrected chi connectivity index (χ3v) is 2.63. The third-order valence-electron chi connectivity index (χ3n) is 2.63. The Hall–Kier alpha value is -0.980. The molecule has 0 heterocycles. The Kier molecular flexibility index (Phi) is 7.82. The summed E-state index contributed by atoms with van der Waals surface area (Å²) in [5.74, 6) is 0.977. The number of hydrogen-bond donors (Lipinski definition) is 0. The number of benzene rings is 1. The van der Waals surface area contributed by atoms with Gasteiger partial charge in [-0.3, -0.25) is 0 Å². The van der Waals surface area contributed by atoms with E-state index in [1.807, 2.05) is 52.1 Å². The molecule has 0 fully saturated rings. The zero-order chi connectivity index (χ0) is 13.7. The van der Waals surface area contributed by atoms with Gasteiger partial charge in [-0.2, -0.15) is 0 Å². The minimum absolute atomic E-state index is 0. The minimum Gasteiger partial charge on any atom is -0.378 e. The summed E-state index contributed by atoms with van der Waals surface area (Å²) in [6.45, 7) is 0.702. The van der Waals surface area contributed by atoms with E-state index >= 15 is 0 Å². The standard InChI is InChI=1S/C14H24N4.HI/c1-16(2)13-9-7-8-12(10-13)11-15-14(17(3)4)18(5)6;/h7-10H,11H2,1-6H3;1H. The minimum atomic E-state index is 0. The molecule has 1 aromatic rings. The fraction of sp³-hybridized carbons (Fsp3) is 0.500. The molecule has 0 saturated heterocycles. The molecule has 108 valence electrons. The first-order chi connectivity index (χ1) is 8.41. The van der Waals surface area contributed by atoms with Gasteiger partial charge in [0.15, 0.2) is 5.96 Å². The van der Waals surface area contributed by atoms with Crippen LogP contribution in [0, 0.1) is 0 Å². The smallest absolute Gasteiger partial charge is 0.195 e. The first kappa shape index (κ1) is 18.0. The molecule has 0 aromatic heterocycles. The Labute approximate surface area is 134 Å². The predicted molar refractivity (Wildman–Crippen MR) is 94.7 cm³/mol. The van der Waals surface area contributed by atoms with Crippen LogP contribution < -0.4 is 4.90 Å². The molecule has 0 spiro atoms. The topological polar surface area (TPSA) is 22.1 Å². The van der Waals surface area contributed by atoms with Crippen molar-refractivity contribution in [2.75, 3.05) is 47.2 Å². The second kappa shape index (κ2) is 8.24. The molecule has 0 saturated carbocycles. The van der Waals surface area contributed by atoms with Gasteiger partial charge in [-0.15, -0.1) is 24.0 Å². The number of nitrogens with zero attached hydrogens (tertiary/aromatic N) is 4. The zero-order valence-electron chi connectivity index (χ0n) is 12.7. The Bertz CT molecular complexity index is 404. The van der Waals surface area contributed by atoms with Gasteiger partial charge < -0.3 is 14.7 Å². The molecule has 4 nitrogen and oxygen atoms in total. The molecule has 0 atom stereocenters. The van der Waals surface area contributed by atoms with Gasteiger partial charge in [0.2, 0.25) is 0 Å². The molecule has 0 aliphatic carbocycles. The van der Waals surface area contributed by atoms with Crippen LogP contribution >= 0.6 is 24.0 Å². The fourth-order valence-electron chi connectivity index (χ4n) is 1.78. The van der Waals surface area contributed by atoms with E-state index in [4.69, 9.17) is 0 Å². The van der Waals surface area contributed by atoms with Crippen LogP contribution in [-0.2, 0) is 6.54 Å². The summed E-state index contributed by atoms with van der Waals surface area (Å²) in [7, 11) is 12.1. The first-order valence-electron chi connectivity index (χ1n) is 6.07. The molecular weight excluding hydrogens is 351 g/mol. The fourth-order valence-corrected chi connectivity index (χ4v) is 1.78. The number of rotatable bonds is 3. The average Bonchev–Trinajstić information content (AvgIpc) is 2.28. The summed E-state index contributed by atoms with van der Waals surface area (Å²) in [5.41, 5.74) is 2.43. The number of halogens is 1. The maximum absolute atomic E-state index is 4.64. The molecule has 1 aromatic carbocycles. The van der Waals surface area contributed by atoms with Gasteiger partial charge in [0, 0.05) is 48.0 Å². The monoisotopic (exact) mass is 376 g/mol. The van der Waals surface area contributed by atoms with E-state index in [1.54, 1.807) is 0 Å². The van der Waals surface area contributed by atoms with E-state index in [0.717, 1.165) is 5.96 Å². The van der Waals surface area contributed by atoms with Crippen LogP contribution in [0.3, 0.4) is 0 Å². The predicted octanol–water partition coefficient (Wildman–Crippen LogP) is 2.35. The third kappa shape index (κ3) is 5.67. The maximum Gasteiger partial charge on any atom is 0.195 e. The van der Waals surface area contributed by atoms with Gasteiger partial charge in [-0.1, -0.05) is 12.1 Å². The van der Waals surface area contributed by atoms with Crippen molar-refractivity contribution in [3.63, 3.8) is 0 Å². The van der Waals surface area contributed by atoms with Crippen molar-refractivity contribution in [3.05, 3.63) is 29.8 Å². The maximum atomic E-state index is 4.64. The summed E-state index contributed by atoms with van der Waals surface area (Å²) in [5, 5.41) is 0. The van der Waals surface area contributed by atoms with Crippen molar-refractivity contribution in [3.8, 4) is 0 Å². The molecule has 0 aliphatic heterocycles. The number of guanidine groups is 1. The first-order valence-corrected chi connectivity index (χ1v) is 6.07. The highest BCUT2D eigenvalue weighted by Gasteiger charge is 2.04. The molecule has 0 bridgehead atoms. The van der Waals surface area contributed by atoms with Gasteiger partial charge in [-0.05, 0) is 17.7 Å². The molecular formula is C14H25IN4. The Balaban J connectivity index is 0.00000324. The van der Waals surface area contributed by atoms with Crippen LogP contribution in [-0.4, -0.2) is 58.0 Å². The quantitative estimate of drug-likeness (QED) is 0.459. The SMILES string of the molecule is CN(C)C(=NCc1cccc(N(C)C)c1)N(C)C.I. The van der Waals surface area contributed by atoms with E-state index in [9.17, 15) is 0 Å². The van der Waals surface area contributed by atoms with Gasteiger partial charge in [-0.25, -0.2) is 4.99 Å². The number of anilines is 1. The lowest BCUT2D eigenvalue weighted by molar-refractivity contribution is 0.479. The zero-order valence-corrected chi connectivity index (χ0v) is 15.0. The summed E-state index contributed by atoms with van der Waals surface area (Å²) in [6, 6.07) is 8.46.